The van der Waals surface area contributed by atoms with Gasteiger partial charge in [-0.15, -0.1) is 0 Å². The Kier molecular flexibility index (Phi) is 3.71. The van der Waals surface area contributed by atoms with Crippen molar-refractivity contribution in [2.24, 2.45) is 0 Å². The number of aromatic hydroxyl groups is 1. The lowest BCUT2D eigenvalue weighted by atomic mass is 10.0. The van der Waals surface area contributed by atoms with Crippen LogP contribution in [0.2, 0.25) is 0 Å². The molecular weight excluding hydrogens is 250 g/mol. The minimum absolute atomic E-state index is 0.101. The summed E-state index contributed by atoms with van der Waals surface area (Å²) in [5.74, 6) is -1.49. The highest BCUT2D eigenvalue weighted by Gasteiger charge is 2.36. The summed E-state index contributed by atoms with van der Waals surface area (Å²) in [5.41, 5.74) is 0.689. The predicted octanol–water partition coefficient (Wildman–Crippen LogP) is 0.765. The highest BCUT2D eigenvalue weighted by molar-refractivity contribution is 5.82. The van der Waals surface area contributed by atoms with Crippen molar-refractivity contribution in [3.05, 3.63) is 29.8 Å². The second-order valence-corrected chi connectivity index (χ2v) is 4.57. The number of carbonyl (C=O) groups is 2. The number of rotatable bonds is 3. The second kappa shape index (κ2) is 5.27. The summed E-state index contributed by atoms with van der Waals surface area (Å²) in [4.78, 5) is 24.2. The van der Waals surface area contributed by atoms with Gasteiger partial charge in [0.15, 0.2) is 0 Å². The van der Waals surface area contributed by atoms with Crippen LogP contribution in [0.4, 0.5) is 0 Å². The van der Waals surface area contributed by atoms with E-state index in [1.165, 1.54) is 12.1 Å². The molecule has 19 heavy (non-hydrogen) atoms. The van der Waals surface area contributed by atoms with Crippen molar-refractivity contribution in [1.82, 2.24) is 4.90 Å². The second-order valence-electron chi connectivity index (χ2n) is 4.57. The number of carboxylic acid groups (broad SMARTS) is 1. The number of ether oxygens (including phenoxy) is 1. The van der Waals surface area contributed by atoms with E-state index in [1.807, 2.05) is 0 Å². The zero-order valence-corrected chi connectivity index (χ0v) is 10.4. The number of hydrogen-bond donors (Lipinski definition) is 2. The van der Waals surface area contributed by atoms with E-state index in [0.717, 1.165) is 0 Å². The fourth-order valence-corrected chi connectivity index (χ4v) is 2.13. The number of esters is 1. The Morgan fingerprint density at radius 3 is 2.84 bits per heavy atom. The van der Waals surface area contributed by atoms with Gasteiger partial charge in [-0.05, 0) is 24.7 Å². The third-order valence-corrected chi connectivity index (χ3v) is 3.13. The van der Waals surface area contributed by atoms with Crippen LogP contribution < -0.4 is 0 Å². The van der Waals surface area contributed by atoms with E-state index in [0.29, 0.717) is 12.1 Å². The number of phenolic OH excluding ortho intramolecular Hbond substituents is 1. The first-order valence-corrected chi connectivity index (χ1v) is 5.89. The first kappa shape index (κ1) is 13.4. The molecule has 2 rings (SSSR count). The molecule has 2 atom stereocenters. The summed E-state index contributed by atoms with van der Waals surface area (Å²) in [6.45, 7) is 0.396. The summed E-state index contributed by atoms with van der Waals surface area (Å²) >= 11 is 0. The van der Waals surface area contributed by atoms with Gasteiger partial charge in [-0.1, -0.05) is 12.1 Å². The standard InChI is InChI=1S/C13H15NO5/c1-14-7-11(8-3-2-4-9(15)5-8)19-13(18)10(14)6-12(16)17/h2-5,10-11,15H,6-7H2,1H3,(H,16,17). The predicted molar refractivity (Wildman–Crippen MR) is 65.6 cm³/mol. The Labute approximate surface area is 110 Å². The molecule has 0 bridgehead atoms. The number of phenols is 1. The smallest absolute Gasteiger partial charge is 0.324 e. The molecule has 1 aliphatic rings. The monoisotopic (exact) mass is 265 g/mol. The van der Waals surface area contributed by atoms with E-state index >= 15 is 0 Å². The molecule has 1 aromatic rings. The van der Waals surface area contributed by atoms with E-state index in [2.05, 4.69) is 0 Å². The van der Waals surface area contributed by atoms with Crippen LogP contribution in [0.25, 0.3) is 0 Å². The highest BCUT2D eigenvalue weighted by atomic mass is 16.5. The SMILES string of the molecule is CN1CC(c2cccc(O)c2)OC(=O)C1CC(=O)O. The van der Waals surface area contributed by atoms with E-state index < -0.39 is 24.1 Å². The molecule has 6 heteroatoms. The molecule has 0 aliphatic carbocycles. The van der Waals surface area contributed by atoms with Gasteiger partial charge in [0.25, 0.3) is 0 Å². The first-order chi connectivity index (χ1) is 8.97. The lowest BCUT2D eigenvalue weighted by Gasteiger charge is -2.35. The van der Waals surface area contributed by atoms with Gasteiger partial charge in [0.05, 0.1) is 6.42 Å². The average Bonchev–Trinajstić information content (AvgIpc) is 2.33. The van der Waals surface area contributed by atoms with Crippen LogP contribution in [0.1, 0.15) is 18.1 Å². The molecule has 2 unspecified atom stereocenters. The number of hydrogen-bond acceptors (Lipinski definition) is 5. The third kappa shape index (κ3) is 3.03. The van der Waals surface area contributed by atoms with Gasteiger partial charge in [-0.2, -0.15) is 0 Å². The maximum Gasteiger partial charge on any atom is 0.324 e. The number of aliphatic carboxylic acids is 1. The molecule has 2 N–H and O–H groups in total. The molecule has 0 saturated carbocycles. The summed E-state index contributed by atoms with van der Waals surface area (Å²) < 4.78 is 5.26. The zero-order valence-electron chi connectivity index (χ0n) is 10.4. The van der Waals surface area contributed by atoms with Gasteiger partial charge in [0.1, 0.15) is 17.9 Å². The van der Waals surface area contributed by atoms with Crippen molar-refractivity contribution in [1.29, 1.82) is 0 Å². The van der Waals surface area contributed by atoms with Gasteiger partial charge in [0.2, 0.25) is 0 Å². The fourth-order valence-electron chi connectivity index (χ4n) is 2.13. The van der Waals surface area contributed by atoms with Crippen molar-refractivity contribution < 1.29 is 24.5 Å². The molecule has 0 amide bonds. The molecule has 1 aromatic carbocycles. The van der Waals surface area contributed by atoms with E-state index in [1.54, 1.807) is 24.1 Å². The van der Waals surface area contributed by atoms with Crippen molar-refractivity contribution in [3.63, 3.8) is 0 Å². The van der Waals surface area contributed by atoms with E-state index in [-0.39, 0.29) is 12.2 Å². The Morgan fingerprint density at radius 1 is 1.53 bits per heavy atom. The average molecular weight is 265 g/mol. The van der Waals surface area contributed by atoms with Crippen LogP contribution in [0.3, 0.4) is 0 Å². The fraction of sp³-hybridized carbons (Fsp3) is 0.385. The summed E-state index contributed by atoms with van der Waals surface area (Å²) in [5, 5.41) is 18.2. The Hall–Kier alpha value is -2.08. The molecule has 1 fully saturated rings. The van der Waals surface area contributed by atoms with Gasteiger partial charge < -0.3 is 14.9 Å². The number of likely N-dealkylation sites (N-methyl/N-ethyl adjacent to an activating group) is 1. The molecule has 102 valence electrons. The molecule has 1 aliphatic heterocycles. The van der Waals surface area contributed by atoms with Gasteiger partial charge in [-0.3, -0.25) is 14.5 Å². The van der Waals surface area contributed by atoms with Crippen molar-refractivity contribution in [2.75, 3.05) is 13.6 Å². The summed E-state index contributed by atoms with van der Waals surface area (Å²) in [6.07, 6.45) is -0.767. The molecule has 0 aromatic heterocycles. The van der Waals surface area contributed by atoms with Crippen LogP contribution in [0.5, 0.6) is 5.75 Å². The van der Waals surface area contributed by atoms with Crippen LogP contribution in [-0.4, -0.2) is 46.7 Å². The number of carbonyl (C=O) groups excluding carboxylic acids is 1. The molecule has 6 nitrogen and oxygen atoms in total. The lowest BCUT2D eigenvalue weighted by Crippen LogP contribution is -2.48. The normalized spacial score (nSPS) is 23.9. The Balaban J connectivity index is 2.13. The molecule has 0 radical (unpaired) electrons. The minimum Gasteiger partial charge on any atom is -0.508 e. The summed E-state index contributed by atoms with van der Waals surface area (Å²) in [7, 11) is 1.68. The highest BCUT2D eigenvalue weighted by Crippen LogP contribution is 2.27. The zero-order chi connectivity index (χ0) is 14.0. The summed E-state index contributed by atoms with van der Waals surface area (Å²) in [6, 6.07) is 5.73. The number of carboxylic acids is 1. The lowest BCUT2D eigenvalue weighted by molar-refractivity contribution is -0.168. The van der Waals surface area contributed by atoms with Crippen LogP contribution in [-0.2, 0) is 14.3 Å². The van der Waals surface area contributed by atoms with Gasteiger partial charge in [0, 0.05) is 6.54 Å². The largest absolute Gasteiger partial charge is 0.508 e. The number of benzene rings is 1. The number of morpholine rings is 1. The maximum atomic E-state index is 11.8. The quantitative estimate of drug-likeness (QED) is 0.785. The first-order valence-electron chi connectivity index (χ1n) is 5.89. The van der Waals surface area contributed by atoms with E-state index in [4.69, 9.17) is 9.84 Å². The van der Waals surface area contributed by atoms with Crippen LogP contribution in [0, 0.1) is 0 Å². The van der Waals surface area contributed by atoms with Crippen molar-refractivity contribution in [3.8, 4) is 5.75 Å². The van der Waals surface area contributed by atoms with Gasteiger partial charge in [-0.25, -0.2) is 0 Å². The topological polar surface area (TPSA) is 87.1 Å². The third-order valence-electron chi connectivity index (χ3n) is 3.13. The minimum atomic E-state index is -1.04. The maximum absolute atomic E-state index is 11.8. The Bertz CT molecular complexity index is 502. The molecule has 0 spiro atoms. The van der Waals surface area contributed by atoms with Crippen LogP contribution >= 0.6 is 0 Å². The molecule has 1 heterocycles. The number of cyclic esters (lactones) is 1. The van der Waals surface area contributed by atoms with Gasteiger partial charge >= 0.3 is 11.9 Å². The van der Waals surface area contributed by atoms with Crippen LogP contribution in [0.15, 0.2) is 24.3 Å². The number of nitrogens with zero attached hydrogens (tertiary/aromatic N) is 1. The molecule has 1 saturated heterocycles. The Morgan fingerprint density at radius 2 is 2.26 bits per heavy atom. The van der Waals surface area contributed by atoms with Crippen molar-refractivity contribution >= 4 is 11.9 Å². The van der Waals surface area contributed by atoms with Crippen molar-refractivity contribution in [2.45, 2.75) is 18.6 Å². The van der Waals surface area contributed by atoms with E-state index in [9.17, 15) is 14.7 Å². The molecular formula is C13H15NO5.